The predicted molar refractivity (Wildman–Crippen MR) is 104 cm³/mol. The standard InChI is InChI=1S/C21H13FN4O3/c1-12-8-19(27)29-18-9-15(6-7-16(12)18)28-21-17-10-25-26(20(17)23-11-24-21)14-4-2-13(22)3-5-14/h2-11H,1H3. The fourth-order valence-electron chi connectivity index (χ4n) is 3.16. The molecule has 5 rings (SSSR count). The van der Waals surface area contributed by atoms with E-state index in [1.807, 2.05) is 13.0 Å². The topological polar surface area (TPSA) is 83.0 Å². The van der Waals surface area contributed by atoms with Gasteiger partial charge in [0.1, 0.15) is 28.9 Å². The van der Waals surface area contributed by atoms with Crippen molar-refractivity contribution in [3.8, 4) is 17.3 Å². The Kier molecular flexibility index (Phi) is 3.83. The molecule has 0 radical (unpaired) electrons. The first kappa shape index (κ1) is 17.1. The number of aromatic nitrogens is 4. The molecule has 3 heterocycles. The first-order valence-corrected chi connectivity index (χ1v) is 8.75. The van der Waals surface area contributed by atoms with E-state index in [0.29, 0.717) is 33.9 Å². The fourth-order valence-corrected chi connectivity index (χ4v) is 3.16. The van der Waals surface area contributed by atoms with E-state index in [4.69, 9.17) is 9.15 Å². The maximum absolute atomic E-state index is 13.2. The van der Waals surface area contributed by atoms with Crippen molar-refractivity contribution in [2.24, 2.45) is 0 Å². The molecule has 0 bridgehead atoms. The Labute approximate surface area is 163 Å². The largest absolute Gasteiger partial charge is 0.438 e. The number of ether oxygens (including phenoxy) is 1. The maximum atomic E-state index is 13.2. The normalized spacial score (nSPS) is 11.2. The third-order valence-corrected chi connectivity index (χ3v) is 4.54. The van der Waals surface area contributed by atoms with Crippen molar-refractivity contribution in [2.45, 2.75) is 6.92 Å². The zero-order valence-electron chi connectivity index (χ0n) is 15.2. The number of benzene rings is 2. The van der Waals surface area contributed by atoms with Crippen LogP contribution in [0.25, 0.3) is 27.7 Å². The first-order valence-electron chi connectivity index (χ1n) is 8.75. The zero-order valence-corrected chi connectivity index (χ0v) is 15.2. The van der Waals surface area contributed by atoms with Crippen LogP contribution in [0.5, 0.6) is 11.6 Å². The lowest BCUT2D eigenvalue weighted by Crippen LogP contribution is -1.99. The second-order valence-corrected chi connectivity index (χ2v) is 6.46. The molecular formula is C21H13FN4O3. The van der Waals surface area contributed by atoms with Gasteiger partial charge in [0.15, 0.2) is 5.65 Å². The minimum atomic E-state index is -0.419. The molecule has 3 aromatic heterocycles. The van der Waals surface area contributed by atoms with E-state index in [-0.39, 0.29) is 5.82 Å². The molecule has 142 valence electrons. The Morgan fingerprint density at radius 1 is 1.03 bits per heavy atom. The summed E-state index contributed by atoms with van der Waals surface area (Å²) >= 11 is 0. The maximum Gasteiger partial charge on any atom is 0.336 e. The van der Waals surface area contributed by atoms with Gasteiger partial charge in [-0.05, 0) is 48.9 Å². The minimum Gasteiger partial charge on any atom is -0.438 e. The van der Waals surface area contributed by atoms with E-state index >= 15 is 0 Å². The van der Waals surface area contributed by atoms with Crippen LogP contribution in [0.1, 0.15) is 5.56 Å². The molecule has 0 atom stereocenters. The average Bonchev–Trinajstić information content (AvgIpc) is 3.13. The summed E-state index contributed by atoms with van der Waals surface area (Å²) in [4.78, 5) is 20.1. The molecule has 29 heavy (non-hydrogen) atoms. The lowest BCUT2D eigenvalue weighted by molar-refractivity contribution is 0.466. The number of aryl methyl sites for hydroxylation is 1. The van der Waals surface area contributed by atoms with Gasteiger partial charge in [0.25, 0.3) is 0 Å². The summed E-state index contributed by atoms with van der Waals surface area (Å²) in [5, 5.41) is 5.74. The van der Waals surface area contributed by atoms with Crippen molar-refractivity contribution in [1.82, 2.24) is 19.7 Å². The number of rotatable bonds is 3. The molecule has 0 N–H and O–H groups in total. The molecular weight excluding hydrogens is 375 g/mol. The van der Waals surface area contributed by atoms with Gasteiger partial charge in [-0.3, -0.25) is 0 Å². The number of fused-ring (bicyclic) bond motifs is 2. The van der Waals surface area contributed by atoms with Crippen LogP contribution in [0, 0.1) is 12.7 Å². The predicted octanol–water partition coefficient (Wildman–Crippen LogP) is 4.16. The monoisotopic (exact) mass is 388 g/mol. The molecule has 5 aromatic rings. The molecule has 0 fully saturated rings. The van der Waals surface area contributed by atoms with Crippen LogP contribution in [0.15, 0.2) is 70.3 Å². The van der Waals surface area contributed by atoms with Crippen LogP contribution in [-0.4, -0.2) is 19.7 Å². The molecule has 0 aliphatic rings. The molecule has 0 aliphatic carbocycles. The Hall–Kier alpha value is -4.07. The van der Waals surface area contributed by atoms with Crippen LogP contribution in [0.3, 0.4) is 0 Å². The molecule has 0 amide bonds. The molecule has 0 saturated heterocycles. The summed E-state index contributed by atoms with van der Waals surface area (Å²) in [6, 6.07) is 12.6. The van der Waals surface area contributed by atoms with E-state index in [9.17, 15) is 9.18 Å². The van der Waals surface area contributed by atoms with Gasteiger partial charge in [-0.1, -0.05) is 0 Å². The fraction of sp³-hybridized carbons (Fsp3) is 0.0476. The second-order valence-electron chi connectivity index (χ2n) is 6.46. The van der Waals surface area contributed by atoms with Crippen LogP contribution in [0.2, 0.25) is 0 Å². The lowest BCUT2D eigenvalue weighted by atomic mass is 10.1. The number of hydrogen-bond donors (Lipinski definition) is 0. The SMILES string of the molecule is Cc1cc(=O)oc2cc(Oc3ncnc4c3cnn4-c3ccc(F)cc3)ccc12. The van der Waals surface area contributed by atoms with Gasteiger partial charge in [0.05, 0.1) is 11.9 Å². The Morgan fingerprint density at radius 3 is 2.69 bits per heavy atom. The summed E-state index contributed by atoms with van der Waals surface area (Å²) in [5.41, 5.74) is 2.02. The Bertz CT molecular complexity index is 1420. The summed E-state index contributed by atoms with van der Waals surface area (Å²) in [7, 11) is 0. The number of nitrogens with zero attached hydrogens (tertiary/aromatic N) is 4. The minimum absolute atomic E-state index is 0.303. The van der Waals surface area contributed by atoms with Crippen molar-refractivity contribution in [1.29, 1.82) is 0 Å². The van der Waals surface area contributed by atoms with Gasteiger partial charge in [-0.15, -0.1) is 0 Å². The van der Waals surface area contributed by atoms with E-state index in [1.54, 1.807) is 35.1 Å². The lowest BCUT2D eigenvalue weighted by Gasteiger charge is -2.07. The highest BCUT2D eigenvalue weighted by Crippen LogP contribution is 2.30. The van der Waals surface area contributed by atoms with Crippen molar-refractivity contribution >= 4 is 22.0 Å². The van der Waals surface area contributed by atoms with Crippen LogP contribution >= 0.6 is 0 Å². The first-order chi connectivity index (χ1) is 14.1. The molecule has 0 unspecified atom stereocenters. The van der Waals surface area contributed by atoms with Gasteiger partial charge in [-0.2, -0.15) is 5.10 Å². The van der Waals surface area contributed by atoms with Gasteiger partial charge in [0, 0.05) is 17.5 Å². The van der Waals surface area contributed by atoms with Gasteiger partial charge >= 0.3 is 5.63 Å². The van der Waals surface area contributed by atoms with Crippen molar-refractivity contribution < 1.29 is 13.5 Å². The summed E-state index contributed by atoms with van der Waals surface area (Å²) in [5.74, 6) is 0.431. The number of halogens is 1. The highest BCUT2D eigenvalue weighted by Gasteiger charge is 2.14. The van der Waals surface area contributed by atoms with Crippen molar-refractivity contribution in [2.75, 3.05) is 0 Å². The van der Waals surface area contributed by atoms with Crippen LogP contribution in [-0.2, 0) is 0 Å². The van der Waals surface area contributed by atoms with E-state index in [0.717, 1.165) is 10.9 Å². The highest BCUT2D eigenvalue weighted by atomic mass is 19.1. The summed E-state index contributed by atoms with van der Waals surface area (Å²) in [6.07, 6.45) is 2.95. The van der Waals surface area contributed by atoms with Gasteiger partial charge in [-0.25, -0.2) is 23.8 Å². The smallest absolute Gasteiger partial charge is 0.336 e. The van der Waals surface area contributed by atoms with Crippen molar-refractivity contribution in [3.63, 3.8) is 0 Å². The summed E-state index contributed by atoms with van der Waals surface area (Å²) < 4.78 is 26.0. The van der Waals surface area contributed by atoms with Gasteiger partial charge in [0.2, 0.25) is 5.88 Å². The third-order valence-electron chi connectivity index (χ3n) is 4.54. The van der Waals surface area contributed by atoms with E-state index < -0.39 is 5.63 Å². The number of hydrogen-bond acceptors (Lipinski definition) is 6. The Morgan fingerprint density at radius 2 is 1.86 bits per heavy atom. The molecule has 8 heteroatoms. The van der Waals surface area contributed by atoms with E-state index in [2.05, 4.69) is 15.1 Å². The van der Waals surface area contributed by atoms with Crippen LogP contribution in [0.4, 0.5) is 4.39 Å². The average molecular weight is 388 g/mol. The Balaban J connectivity index is 1.57. The molecule has 0 saturated carbocycles. The van der Waals surface area contributed by atoms with Crippen LogP contribution < -0.4 is 10.4 Å². The molecule has 0 aliphatic heterocycles. The molecule has 0 spiro atoms. The second kappa shape index (κ2) is 6.52. The molecule has 2 aromatic carbocycles. The highest BCUT2D eigenvalue weighted by molar-refractivity contribution is 5.83. The van der Waals surface area contributed by atoms with Crippen molar-refractivity contribution in [3.05, 3.63) is 82.9 Å². The summed E-state index contributed by atoms with van der Waals surface area (Å²) in [6.45, 7) is 1.84. The van der Waals surface area contributed by atoms with Gasteiger partial charge < -0.3 is 9.15 Å². The van der Waals surface area contributed by atoms with E-state index in [1.165, 1.54) is 24.5 Å². The molecule has 7 nitrogen and oxygen atoms in total. The quantitative estimate of drug-likeness (QED) is 0.432. The third kappa shape index (κ3) is 3.00. The zero-order chi connectivity index (χ0) is 20.0.